The van der Waals surface area contributed by atoms with Gasteiger partial charge in [-0.3, -0.25) is 0 Å². The normalized spacial score (nSPS) is 11.0. The number of hydrogen-bond donors (Lipinski definition) is 2. The first-order valence-corrected chi connectivity index (χ1v) is 8.58. The Bertz CT molecular complexity index is 883. The van der Waals surface area contributed by atoms with Crippen molar-refractivity contribution in [1.82, 2.24) is 14.9 Å². The van der Waals surface area contributed by atoms with Gasteiger partial charge in [-0.05, 0) is 43.8 Å². The molecule has 0 bridgehead atoms. The lowest BCUT2D eigenvalue weighted by molar-refractivity contribution is 0.0697. The van der Waals surface area contributed by atoms with Gasteiger partial charge in [0.2, 0.25) is 0 Å². The third kappa shape index (κ3) is 4.55. The molecule has 0 unspecified atom stereocenters. The second-order valence-corrected chi connectivity index (χ2v) is 6.26. The highest BCUT2D eigenvalue weighted by molar-refractivity contribution is 5.96. The molecule has 0 saturated carbocycles. The van der Waals surface area contributed by atoms with Crippen molar-refractivity contribution in [3.8, 4) is 0 Å². The number of carboxylic acid groups (broad SMARTS) is 1. The molecule has 2 N–H and O–H groups in total. The Hall–Kier alpha value is -2.99. The van der Waals surface area contributed by atoms with Gasteiger partial charge in [0, 0.05) is 18.5 Å². The first-order chi connectivity index (χ1) is 12.6. The minimum Gasteiger partial charge on any atom is -0.478 e. The first kappa shape index (κ1) is 17.8. The SMILES string of the molecule is CN(CCCNc1ncnc2cc(C(=O)O)ccc12)Cc1ccccc1. The number of aromatic carboxylic acids is 1. The average molecular weight is 350 g/mol. The quantitative estimate of drug-likeness (QED) is 0.607. The molecular formula is C20H22N4O2. The van der Waals surface area contributed by atoms with Crippen LogP contribution in [-0.2, 0) is 6.54 Å². The molecule has 0 aliphatic carbocycles. The van der Waals surface area contributed by atoms with E-state index in [0.717, 1.165) is 37.3 Å². The van der Waals surface area contributed by atoms with Gasteiger partial charge in [-0.1, -0.05) is 30.3 Å². The summed E-state index contributed by atoms with van der Waals surface area (Å²) >= 11 is 0. The van der Waals surface area contributed by atoms with Crippen LogP contribution in [0.2, 0.25) is 0 Å². The Balaban J connectivity index is 1.54. The lowest BCUT2D eigenvalue weighted by Crippen LogP contribution is -2.21. The molecule has 0 aliphatic rings. The molecule has 2 aromatic carbocycles. The maximum Gasteiger partial charge on any atom is 0.335 e. The maximum absolute atomic E-state index is 11.1. The third-order valence-electron chi connectivity index (χ3n) is 4.19. The molecule has 0 amide bonds. The summed E-state index contributed by atoms with van der Waals surface area (Å²) in [5.41, 5.74) is 2.16. The summed E-state index contributed by atoms with van der Waals surface area (Å²) in [5.74, 6) is -0.223. The van der Waals surface area contributed by atoms with Crippen LogP contribution in [0.1, 0.15) is 22.3 Å². The summed E-state index contributed by atoms with van der Waals surface area (Å²) in [6, 6.07) is 15.3. The van der Waals surface area contributed by atoms with Gasteiger partial charge in [0.25, 0.3) is 0 Å². The van der Waals surface area contributed by atoms with Gasteiger partial charge in [0.15, 0.2) is 0 Å². The Kier molecular flexibility index (Phi) is 5.76. The van der Waals surface area contributed by atoms with Gasteiger partial charge >= 0.3 is 5.97 Å². The predicted molar refractivity (Wildman–Crippen MR) is 102 cm³/mol. The number of fused-ring (bicyclic) bond motifs is 1. The molecule has 6 nitrogen and oxygen atoms in total. The Morgan fingerprint density at radius 2 is 1.96 bits per heavy atom. The molecule has 3 aromatic rings. The molecule has 0 aliphatic heterocycles. The molecular weight excluding hydrogens is 328 g/mol. The minimum atomic E-state index is -0.957. The van der Waals surface area contributed by atoms with Crippen LogP contribution in [0, 0.1) is 0 Å². The summed E-state index contributed by atoms with van der Waals surface area (Å²) < 4.78 is 0. The van der Waals surface area contributed by atoms with Crippen LogP contribution in [0.5, 0.6) is 0 Å². The minimum absolute atomic E-state index is 0.227. The van der Waals surface area contributed by atoms with Gasteiger partial charge in [-0.15, -0.1) is 0 Å². The number of carbonyl (C=O) groups is 1. The number of anilines is 1. The fourth-order valence-electron chi connectivity index (χ4n) is 2.86. The number of rotatable bonds is 8. The summed E-state index contributed by atoms with van der Waals surface area (Å²) in [6.45, 7) is 2.68. The van der Waals surface area contributed by atoms with Crippen molar-refractivity contribution in [2.24, 2.45) is 0 Å². The smallest absolute Gasteiger partial charge is 0.335 e. The zero-order chi connectivity index (χ0) is 18.4. The van der Waals surface area contributed by atoms with Crippen LogP contribution in [0.15, 0.2) is 54.9 Å². The van der Waals surface area contributed by atoms with E-state index < -0.39 is 5.97 Å². The van der Waals surface area contributed by atoms with E-state index in [0.29, 0.717) is 5.52 Å². The van der Waals surface area contributed by atoms with E-state index in [4.69, 9.17) is 5.11 Å². The molecule has 26 heavy (non-hydrogen) atoms. The highest BCUT2D eigenvalue weighted by atomic mass is 16.4. The highest BCUT2D eigenvalue weighted by Crippen LogP contribution is 2.20. The number of nitrogens with one attached hydrogen (secondary N) is 1. The first-order valence-electron chi connectivity index (χ1n) is 8.58. The van der Waals surface area contributed by atoms with Crippen LogP contribution in [0.4, 0.5) is 5.82 Å². The molecule has 1 heterocycles. The number of benzene rings is 2. The fourth-order valence-corrected chi connectivity index (χ4v) is 2.86. The second kappa shape index (κ2) is 8.40. The van der Waals surface area contributed by atoms with Gasteiger partial charge in [-0.2, -0.15) is 0 Å². The third-order valence-corrected chi connectivity index (χ3v) is 4.19. The molecule has 1 aromatic heterocycles. The zero-order valence-electron chi connectivity index (χ0n) is 14.7. The number of aromatic nitrogens is 2. The molecule has 0 saturated heterocycles. The van der Waals surface area contributed by atoms with Gasteiger partial charge in [0.1, 0.15) is 12.1 Å². The Morgan fingerprint density at radius 1 is 1.15 bits per heavy atom. The van der Waals surface area contributed by atoms with Crippen LogP contribution in [0.3, 0.4) is 0 Å². The van der Waals surface area contributed by atoms with E-state index in [-0.39, 0.29) is 5.56 Å². The van der Waals surface area contributed by atoms with E-state index in [1.807, 2.05) is 6.07 Å². The highest BCUT2D eigenvalue weighted by Gasteiger charge is 2.08. The van der Waals surface area contributed by atoms with E-state index in [1.54, 1.807) is 18.2 Å². The summed E-state index contributed by atoms with van der Waals surface area (Å²) in [5, 5.41) is 13.2. The Morgan fingerprint density at radius 3 is 2.73 bits per heavy atom. The van der Waals surface area contributed by atoms with E-state index >= 15 is 0 Å². The predicted octanol–water partition coefficient (Wildman–Crippen LogP) is 3.26. The fraction of sp³-hybridized carbons (Fsp3) is 0.250. The van der Waals surface area contributed by atoms with Crippen molar-refractivity contribution in [2.45, 2.75) is 13.0 Å². The lowest BCUT2D eigenvalue weighted by atomic mass is 10.1. The molecule has 0 radical (unpaired) electrons. The molecule has 6 heteroatoms. The maximum atomic E-state index is 11.1. The topological polar surface area (TPSA) is 78.3 Å². The van der Waals surface area contributed by atoms with Gasteiger partial charge in [-0.25, -0.2) is 14.8 Å². The molecule has 0 spiro atoms. The molecule has 3 rings (SSSR count). The van der Waals surface area contributed by atoms with E-state index in [2.05, 4.69) is 51.5 Å². The zero-order valence-corrected chi connectivity index (χ0v) is 14.7. The summed E-state index contributed by atoms with van der Waals surface area (Å²) in [4.78, 5) is 21.8. The Labute approximate surface area is 152 Å². The van der Waals surface area contributed by atoms with Gasteiger partial charge in [0.05, 0.1) is 11.1 Å². The van der Waals surface area contributed by atoms with Crippen molar-refractivity contribution in [1.29, 1.82) is 0 Å². The van der Waals surface area contributed by atoms with Crippen molar-refractivity contribution >= 4 is 22.7 Å². The lowest BCUT2D eigenvalue weighted by Gasteiger charge is -2.17. The van der Waals surface area contributed by atoms with E-state index in [9.17, 15) is 4.79 Å². The standard InChI is InChI=1S/C20H22N4O2/c1-24(13-15-6-3-2-4-7-15)11-5-10-21-19-17-9-8-16(20(25)26)12-18(17)22-14-23-19/h2-4,6-9,12,14H,5,10-11,13H2,1H3,(H,25,26)(H,21,22,23). The van der Waals surface area contributed by atoms with Crippen molar-refractivity contribution in [3.63, 3.8) is 0 Å². The van der Waals surface area contributed by atoms with Crippen molar-refractivity contribution in [2.75, 3.05) is 25.5 Å². The molecule has 134 valence electrons. The molecule has 0 fully saturated rings. The largest absolute Gasteiger partial charge is 0.478 e. The average Bonchev–Trinajstić information content (AvgIpc) is 2.65. The van der Waals surface area contributed by atoms with Crippen molar-refractivity contribution in [3.05, 3.63) is 66.0 Å². The van der Waals surface area contributed by atoms with Crippen LogP contribution in [-0.4, -0.2) is 46.1 Å². The number of carboxylic acids is 1. The van der Waals surface area contributed by atoms with Crippen LogP contribution >= 0.6 is 0 Å². The number of nitrogens with zero attached hydrogens (tertiary/aromatic N) is 3. The monoisotopic (exact) mass is 350 g/mol. The summed E-state index contributed by atoms with van der Waals surface area (Å²) in [7, 11) is 2.11. The van der Waals surface area contributed by atoms with E-state index in [1.165, 1.54) is 11.9 Å². The van der Waals surface area contributed by atoms with Crippen LogP contribution in [0.25, 0.3) is 10.9 Å². The second-order valence-electron chi connectivity index (χ2n) is 6.26. The number of hydrogen-bond acceptors (Lipinski definition) is 5. The van der Waals surface area contributed by atoms with Crippen LogP contribution < -0.4 is 5.32 Å². The van der Waals surface area contributed by atoms with Crippen molar-refractivity contribution < 1.29 is 9.90 Å². The molecule has 0 atom stereocenters. The summed E-state index contributed by atoms with van der Waals surface area (Å²) in [6.07, 6.45) is 2.43. The van der Waals surface area contributed by atoms with Gasteiger partial charge < -0.3 is 15.3 Å².